The van der Waals surface area contributed by atoms with E-state index in [4.69, 9.17) is 23.7 Å². The Kier molecular flexibility index (Phi) is 12.3. The molecule has 0 saturated carbocycles. The average molecular weight is 885 g/mol. The number of aliphatic hydroxyl groups excluding tert-OH is 6. The Labute approximate surface area is 355 Å². The van der Waals surface area contributed by atoms with Crippen molar-refractivity contribution in [2.24, 2.45) is 0 Å². The van der Waals surface area contributed by atoms with Crippen molar-refractivity contribution in [1.29, 1.82) is 0 Å². The van der Waals surface area contributed by atoms with E-state index >= 15 is 0 Å². The van der Waals surface area contributed by atoms with Crippen LogP contribution in [0.4, 0.5) is 0 Å². The number of carboxylic acid groups (broad SMARTS) is 1. The highest BCUT2D eigenvalue weighted by molar-refractivity contribution is 6.31. The number of phenolic OH excluding ortho intramolecular Hbond substituents is 3. The van der Waals surface area contributed by atoms with Gasteiger partial charge in [0.1, 0.15) is 83.9 Å². The number of aromatic hydroxyl groups is 3. The maximum atomic E-state index is 14.1. The van der Waals surface area contributed by atoms with Crippen molar-refractivity contribution >= 4 is 29.4 Å². The Balaban J connectivity index is 1.40. The summed E-state index contributed by atoms with van der Waals surface area (Å²) in [6, 6.07) is 1.39. The number of nitrogens with one attached hydrogen (secondary N) is 2. The first-order valence-electron chi connectivity index (χ1n) is 19.4. The van der Waals surface area contributed by atoms with Crippen molar-refractivity contribution in [1.82, 2.24) is 10.6 Å². The first-order chi connectivity index (χ1) is 29.7. The molecule has 4 aliphatic rings. The summed E-state index contributed by atoms with van der Waals surface area (Å²) in [5.74, 6) is -7.79. The fourth-order valence-corrected chi connectivity index (χ4v) is 8.34. The van der Waals surface area contributed by atoms with Gasteiger partial charge in [0.2, 0.25) is 5.91 Å². The van der Waals surface area contributed by atoms with E-state index in [-0.39, 0.29) is 22.4 Å². The molecule has 2 saturated heterocycles. The molecule has 0 bridgehead atoms. The number of methoxy groups -OCH3 is 1. The summed E-state index contributed by atoms with van der Waals surface area (Å²) in [4.78, 5) is 66.2. The summed E-state index contributed by atoms with van der Waals surface area (Å²) in [7, 11) is 1.24. The molecular weight excluding hydrogens is 840 g/mol. The highest BCUT2D eigenvalue weighted by Gasteiger charge is 2.53. The molecular formula is C41H44N2O20. The van der Waals surface area contributed by atoms with Crippen molar-refractivity contribution in [3.63, 3.8) is 0 Å². The highest BCUT2D eigenvalue weighted by atomic mass is 16.7. The standard InChI is InChI=1S/C41H44N2O20/c1-11-5-18-25(33(53)22(11)38(56)42-12(2)39(57)58)24-16(8-17-26(34(24)54)29(49)15-6-14(59-4)7-19(46)23(15)28(17)48)30(50)36(18)62-40-27(43-13(3)45)37(32(52)21(9-44)61-40)63-41-35(55)31(51)20(47)10-60-41/h5-8,12,20-21,27,30-32,35-37,40-41,44,46-47,50-55H,9-10H2,1-4H3,(H,42,56)(H,43,45)(H,57,58)/t12-,20-,21-,27-,30+,31+,32+,35-,36+,37-,40+,41+/m1/s1. The lowest BCUT2D eigenvalue weighted by atomic mass is 9.74. The smallest absolute Gasteiger partial charge is 0.325 e. The summed E-state index contributed by atoms with van der Waals surface area (Å²) in [6.07, 6.45) is -17.7. The van der Waals surface area contributed by atoms with Crippen molar-refractivity contribution in [2.45, 2.75) is 94.3 Å². The number of hydrogen-bond acceptors (Lipinski definition) is 19. The number of benzene rings is 3. The lowest BCUT2D eigenvalue weighted by Crippen LogP contribution is -2.67. The molecule has 2 fully saturated rings. The highest BCUT2D eigenvalue weighted by Crippen LogP contribution is 2.57. The Bertz CT molecular complexity index is 2400. The topological polar surface area (TPSA) is 358 Å². The van der Waals surface area contributed by atoms with Gasteiger partial charge in [-0.2, -0.15) is 0 Å². The zero-order valence-electron chi connectivity index (χ0n) is 33.7. The summed E-state index contributed by atoms with van der Waals surface area (Å²) < 4.78 is 28.7. The summed E-state index contributed by atoms with van der Waals surface area (Å²) in [6.45, 7) is 2.12. The third kappa shape index (κ3) is 7.62. The van der Waals surface area contributed by atoms with Crippen molar-refractivity contribution < 1.29 is 98.7 Å². The van der Waals surface area contributed by atoms with E-state index in [0.29, 0.717) is 0 Å². The van der Waals surface area contributed by atoms with Crippen LogP contribution in [0, 0.1) is 6.92 Å². The van der Waals surface area contributed by atoms with Crippen LogP contribution in [0.5, 0.6) is 23.0 Å². The van der Waals surface area contributed by atoms with Crippen molar-refractivity contribution in [3.8, 4) is 34.1 Å². The van der Waals surface area contributed by atoms with Crippen LogP contribution in [0.3, 0.4) is 0 Å². The van der Waals surface area contributed by atoms with E-state index in [1.807, 2.05) is 0 Å². The zero-order chi connectivity index (χ0) is 46.1. The molecule has 0 aromatic heterocycles. The normalized spacial score (nSPS) is 29.1. The van der Waals surface area contributed by atoms with E-state index in [2.05, 4.69) is 10.6 Å². The number of phenols is 3. The van der Waals surface area contributed by atoms with Gasteiger partial charge in [-0.1, -0.05) is 6.07 Å². The third-order valence-corrected chi connectivity index (χ3v) is 11.5. The minimum absolute atomic E-state index is 0.0154. The number of carbonyl (C=O) groups is 5. The lowest BCUT2D eigenvalue weighted by molar-refractivity contribution is -0.337. The molecule has 12 atom stereocenters. The molecule has 63 heavy (non-hydrogen) atoms. The minimum Gasteiger partial charge on any atom is -0.507 e. The number of ether oxygens (including phenoxy) is 5. The van der Waals surface area contributed by atoms with Crippen LogP contribution in [0.1, 0.15) is 84.9 Å². The molecule has 12 N–H and O–H groups in total. The second-order valence-electron chi connectivity index (χ2n) is 15.5. The molecule has 2 aliphatic heterocycles. The Morgan fingerprint density at radius 2 is 1.49 bits per heavy atom. The number of fused-ring (bicyclic) bond motifs is 5. The second kappa shape index (κ2) is 17.1. The first kappa shape index (κ1) is 45.2. The van der Waals surface area contributed by atoms with Crippen LogP contribution in [-0.4, -0.2) is 162 Å². The van der Waals surface area contributed by atoms with Crippen molar-refractivity contribution in [3.05, 3.63) is 68.8 Å². The molecule has 0 radical (unpaired) electrons. The predicted molar refractivity (Wildman–Crippen MR) is 207 cm³/mol. The van der Waals surface area contributed by atoms with Gasteiger partial charge >= 0.3 is 5.97 Å². The number of amides is 2. The van der Waals surface area contributed by atoms with E-state index < -0.39 is 172 Å². The maximum absolute atomic E-state index is 14.1. The van der Waals surface area contributed by atoms with Gasteiger partial charge in [-0.3, -0.25) is 24.0 Å². The Morgan fingerprint density at radius 1 is 0.841 bits per heavy atom. The van der Waals surface area contributed by atoms with E-state index in [1.165, 1.54) is 20.1 Å². The maximum Gasteiger partial charge on any atom is 0.325 e. The van der Waals surface area contributed by atoms with E-state index in [9.17, 15) is 75.0 Å². The molecule has 3 aromatic carbocycles. The van der Waals surface area contributed by atoms with Gasteiger partial charge in [0.25, 0.3) is 5.91 Å². The zero-order valence-corrected chi connectivity index (χ0v) is 33.7. The number of hydrogen-bond donors (Lipinski definition) is 12. The molecule has 2 amide bonds. The fourth-order valence-electron chi connectivity index (χ4n) is 8.34. The predicted octanol–water partition coefficient (Wildman–Crippen LogP) is -1.72. The van der Waals surface area contributed by atoms with Gasteiger partial charge < -0.3 is 85.4 Å². The number of rotatable bonds is 10. The molecule has 338 valence electrons. The Hall–Kier alpha value is -5.79. The second-order valence-corrected chi connectivity index (χ2v) is 15.5. The summed E-state index contributed by atoms with van der Waals surface area (Å²) in [5.41, 5.74) is -4.03. The molecule has 22 nitrogen and oxygen atoms in total. The molecule has 0 unspecified atom stereocenters. The van der Waals surface area contributed by atoms with Gasteiger partial charge in [0.15, 0.2) is 24.1 Å². The Morgan fingerprint density at radius 3 is 2.13 bits per heavy atom. The monoisotopic (exact) mass is 884 g/mol. The van der Waals surface area contributed by atoms with Crippen LogP contribution < -0.4 is 15.4 Å². The largest absolute Gasteiger partial charge is 0.507 e. The van der Waals surface area contributed by atoms with Gasteiger partial charge in [-0.05, 0) is 42.7 Å². The summed E-state index contributed by atoms with van der Waals surface area (Å²) in [5, 5.41) is 114. The molecule has 2 aliphatic carbocycles. The quantitative estimate of drug-likeness (QED) is 0.0842. The molecule has 22 heteroatoms. The van der Waals surface area contributed by atoms with Gasteiger partial charge in [0.05, 0.1) is 37.0 Å². The van der Waals surface area contributed by atoms with Crippen LogP contribution in [-0.2, 0) is 28.5 Å². The van der Waals surface area contributed by atoms with E-state index in [0.717, 1.165) is 32.0 Å². The number of aliphatic hydroxyl groups is 6. The molecule has 7 rings (SSSR count). The number of carboxylic acids is 1. The minimum atomic E-state index is -2.01. The molecule has 3 aromatic rings. The lowest BCUT2D eigenvalue weighted by Gasteiger charge is -2.47. The third-order valence-electron chi connectivity index (χ3n) is 11.5. The molecule has 0 spiro atoms. The molecule has 2 heterocycles. The number of ketones is 2. The number of aliphatic carboxylic acids is 1. The van der Waals surface area contributed by atoms with Gasteiger partial charge in [-0.15, -0.1) is 0 Å². The van der Waals surface area contributed by atoms with Gasteiger partial charge in [0, 0.05) is 35.2 Å². The van der Waals surface area contributed by atoms with Crippen LogP contribution >= 0.6 is 0 Å². The fraction of sp³-hybridized carbons (Fsp3) is 0.439. The first-order valence-corrected chi connectivity index (χ1v) is 19.4. The summed E-state index contributed by atoms with van der Waals surface area (Å²) >= 11 is 0. The number of aryl methyl sites for hydroxylation is 1. The van der Waals surface area contributed by atoms with E-state index in [1.54, 1.807) is 0 Å². The average Bonchev–Trinajstić information content (AvgIpc) is 3.22. The van der Waals surface area contributed by atoms with Crippen LogP contribution in [0.25, 0.3) is 11.1 Å². The van der Waals surface area contributed by atoms with Crippen molar-refractivity contribution in [2.75, 3.05) is 20.3 Å². The number of carbonyl (C=O) groups excluding carboxylic acids is 4. The van der Waals surface area contributed by atoms with Gasteiger partial charge in [-0.25, -0.2) is 0 Å². The van der Waals surface area contributed by atoms with Crippen LogP contribution in [0.2, 0.25) is 0 Å². The SMILES string of the molecule is COc1cc(O)c2c(c1)C(=O)c1c(cc3c(c1O)-c1c(cc(C)c(C(=O)N[C@H](C)C(=O)O)c1O)[C@H](O[C@@H]1O[C@H](CO)[C@H](O)[C@H](O[C@@H]4OC[C@@H](O)[C@H](O)[C@H]4O)[C@H]1NC(C)=O)[C@H]3O)C2=O. The van der Waals surface area contributed by atoms with Crippen LogP contribution in [0.15, 0.2) is 24.3 Å².